The van der Waals surface area contributed by atoms with Crippen molar-refractivity contribution in [3.05, 3.63) is 31.2 Å². The molecule has 0 saturated carbocycles. The third kappa shape index (κ3) is 2.38. The van der Waals surface area contributed by atoms with E-state index in [0.29, 0.717) is 0 Å². The van der Waals surface area contributed by atoms with Crippen molar-refractivity contribution in [1.82, 2.24) is 9.88 Å². The van der Waals surface area contributed by atoms with E-state index in [-0.39, 0.29) is 23.1 Å². The maximum Gasteiger partial charge on any atom is 0.261 e. The fourth-order valence-corrected chi connectivity index (χ4v) is 2.59. The average Bonchev–Trinajstić information content (AvgIpc) is 2.69. The van der Waals surface area contributed by atoms with Crippen LogP contribution in [0.25, 0.3) is 0 Å². The summed E-state index contributed by atoms with van der Waals surface area (Å²) in [6.07, 6.45) is 2.04. The predicted octanol–water partition coefficient (Wildman–Crippen LogP) is 1.91. The zero-order valence-electron chi connectivity index (χ0n) is 9.92. The molecule has 4 nitrogen and oxygen atoms in total. The molecule has 0 unspecified atom stereocenters. The number of aryl methyl sites for hydroxylation is 1. The molecule has 1 aromatic heterocycles. The van der Waals surface area contributed by atoms with Gasteiger partial charge in [-0.1, -0.05) is 0 Å². The van der Waals surface area contributed by atoms with Gasteiger partial charge in [0.2, 0.25) is 0 Å². The summed E-state index contributed by atoms with van der Waals surface area (Å²) < 4.78 is 0.914. The zero-order valence-corrected chi connectivity index (χ0v) is 12.1. The molecule has 1 saturated heterocycles. The van der Waals surface area contributed by atoms with Crippen LogP contribution in [0.15, 0.2) is 10.9 Å². The lowest BCUT2D eigenvalue weighted by atomic mass is 10.2. The van der Waals surface area contributed by atoms with Gasteiger partial charge in [-0.05, 0) is 55.3 Å². The third-order valence-electron chi connectivity index (χ3n) is 3.22. The Morgan fingerprint density at radius 3 is 2.88 bits per heavy atom. The number of aromatic nitrogens is 1. The van der Waals surface area contributed by atoms with E-state index in [9.17, 15) is 9.59 Å². The predicted molar refractivity (Wildman–Crippen MR) is 74.2 cm³/mol. The smallest absolute Gasteiger partial charge is 0.261 e. The van der Waals surface area contributed by atoms with E-state index in [1.54, 1.807) is 11.0 Å². The van der Waals surface area contributed by atoms with Crippen LogP contribution in [0.4, 0.5) is 0 Å². The van der Waals surface area contributed by atoms with Gasteiger partial charge in [0.1, 0.15) is 5.56 Å². The first-order valence-corrected chi connectivity index (χ1v) is 6.79. The molecule has 0 spiro atoms. The van der Waals surface area contributed by atoms with Gasteiger partial charge in [-0.25, -0.2) is 0 Å². The second kappa shape index (κ2) is 4.80. The minimum Gasteiger partial charge on any atom is -0.336 e. The van der Waals surface area contributed by atoms with Crippen molar-refractivity contribution in [2.45, 2.75) is 32.7 Å². The molecule has 17 heavy (non-hydrogen) atoms. The van der Waals surface area contributed by atoms with Crippen molar-refractivity contribution in [3.63, 3.8) is 0 Å². The molecule has 5 heteroatoms. The Kier molecular flexibility index (Phi) is 3.56. The number of amides is 1. The van der Waals surface area contributed by atoms with Crippen LogP contribution < -0.4 is 5.56 Å². The fraction of sp³-hybridized carbons (Fsp3) is 0.500. The minimum atomic E-state index is -0.285. The Labute approximate surface area is 114 Å². The van der Waals surface area contributed by atoms with Crippen LogP contribution in [0.5, 0.6) is 0 Å². The highest BCUT2D eigenvalue weighted by Crippen LogP contribution is 2.19. The molecule has 1 aliphatic heterocycles. The quantitative estimate of drug-likeness (QED) is 0.790. The van der Waals surface area contributed by atoms with Gasteiger partial charge in [0.25, 0.3) is 11.5 Å². The van der Waals surface area contributed by atoms with Crippen LogP contribution in [-0.4, -0.2) is 28.4 Å². The molecule has 1 atom stereocenters. The van der Waals surface area contributed by atoms with Gasteiger partial charge < -0.3 is 9.88 Å². The molecular weight excluding hydrogens is 331 g/mol. The lowest BCUT2D eigenvalue weighted by Crippen LogP contribution is -2.37. The number of hydrogen-bond donors (Lipinski definition) is 1. The number of halogens is 1. The van der Waals surface area contributed by atoms with E-state index >= 15 is 0 Å². The van der Waals surface area contributed by atoms with Crippen LogP contribution in [0, 0.1) is 10.5 Å². The molecule has 0 radical (unpaired) electrons. The highest BCUT2D eigenvalue weighted by molar-refractivity contribution is 14.1. The zero-order chi connectivity index (χ0) is 12.6. The van der Waals surface area contributed by atoms with Gasteiger partial charge in [-0.2, -0.15) is 0 Å². The highest BCUT2D eigenvalue weighted by atomic mass is 127. The molecule has 0 aliphatic carbocycles. The first kappa shape index (κ1) is 12.6. The van der Waals surface area contributed by atoms with Crippen molar-refractivity contribution in [2.75, 3.05) is 6.54 Å². The number of hydrogen-bond acceptors (Lipinski definition) is 2. The molecule has 1 N–H and O–H groups in total. The van der Waals surface area contributed by atoms with Crippen molar-refractivity contribution < 1.29 is 4.79 Å². The van der Waals surface area contributed by atoms with Gasteiger partial charge in [-0.15, -0.1) is 0 Å². The van der Waals surface area contributed by atoms with E-state index in [1.165, 1.54) is 0 Å². The van der Waals surface area contributed by atoms with Crippen LogP contribution in [0.3, 0.4) is 0 Å². The van der Waals surface area contributed by atoms with Gasteiger partial charge in [0, 0.05) is 21.9 Å². The van der Waals surface area contributed by atoms with Crippen molar-refractivity contribution in [3.8, 4) is 0 Å². The Balaban J connectivity index is 2.37. The molecular formula is C12H15IN2O2. The number of rotatable bonds is 1. The van der Waals surface area contributed by atoms with E-state index in [0.717, 1.165) is 28.7 Å². The van der Waals surface area contributed by atoms with E-state index in [1.807, 2.05) is 13.8 Å². The summed E-state index contributed by atoms with van der Waals surface area (Å²) in [4.78, 5) is 28.5. The van der Waals surface area contributed by atoms with Crippen LogP contribution in [0.1, 0.15) is 35.8 Å². The Hall–Kier alpha value is -0.850. The Morgan fingerprint density at radius 1 is 1.59 bits per heavy atom. The second-order valence-corrected chi connectivity index (χ2v) is 5.64. The monoisotopic (exact) mass is 346 g/mol. The minimum absolute atomic E-state index is 0.144. The number of H-pyrrole nitrogens is 1. The number of pyridine rings is 1. The van der Waals surface area contributed by atoms with E-state index < -0.39 is 0 Å². The Bertz CT molecular complexity index is 510. The van der Waals surface area contributed by atoms with Crippen molar-refractivity contribution >= 4 is 28.5 Å². The lowest BCUT2D eigenvalue weighted by molar-refractivity contribution is 0.0745. The highest BCUT2D eigenvalue weighted by Gasteiger charge is 2.27. The van der Waals surface area contributed by atoms with Crippen molar-refractivity contribution in [1.29, 1.82) is 0 Å². The molecule has 0 aromatic carbocycles. The summed E-state index contributed by atoms with van der Waals surface area (Å²) in [7, 11) is 0. The molecule has 1 fully saturated rings. The van der Waals surface area contributed by atoms with Crippen LogP contribution >= 0.6 is 22.6 Å². The first-order valence-electron chi connectivity index (χ1n) is 5.71. The molecule has 1 amide bonds. The van der Waals surface area contributed by atoms with Crippen LogP contribution in [-0.2, 0) is 0 Å². The van der Waals surface area contributed by atoms with E-state index in [2.05, 4.69) is 27.6 Å². The molecule has 2 heterocycles. The second-order valence-electron chi connectivity index (χ2n) is 4.47. The fourth-order valence-electron chi connectivity index (χ4n) is 2.15. The number of carbonyl (C=O) groups excluding carboxylic acids is 1. The largest absolute Gasteiger partial charge is 0.336 e. The summed E-state index contributed by atoms with van der Waals surface area (Å²) in [5.41, 5.74) is 0.780. The molecule has 1 aliphatic rings. The summed E-state index contributed by atoms with van der Waals surface area (Å²) >= 11 is 2.13. The van der Waals surface area contributed by atoms with Crippen LogP contribution in [0.2, 0.25) is 0 Å². The summed E-state index contributed by atoms with van der Waals surface area (Å²) in [5, 5.41) is 0. The van der Waals surface area contributed by atoms with E-state index in [4.69, 9.17) is 0 Å². The molecule has 2 rings (SSSR count). The SMILES string of the molecule is Cc1[nH]c(=O)c(C(=O)N2CCC[C@H]2C)cc1I. The van der Waals surface area contributed by atoms with Crippen molar-refractivity contribution in [2.24, 2.45) is 0 Å². The normalized spacial score (nSPS) is 19.7. The number of nitrogens with one attached hydrogen (secondary N) is 1. The maximum absolute atomic E-state index is 12.2. The molecule has 92 valence electrons. The Morgan fingerprint density at radius 2 is 2.29 bits per heavy atom. The van der Waals surface area contributed by atoms with Gasteiger partial charge in [0.15, 0.2) is 0 Å². The lowest BCUT2D eigenvalue weighted by Gasteiger charge is -2.21. The summed E-state index contributed by atoms with van der Waals surface area (Å²) in [6, 6.07) is 1.92. The average molecular weight is 346 g/mol. The topological polar surface area (TPSA) is 53.2 Å². The summed E-state index contributed by atoms with van der Waals surface area (Å²) in [6.45, 7) is 4.61. The molecule has 1 aromatic rings. The third-order valence-corrected chi connectivity index (χ3v) is 4.34. The number of likely N-dealkylation sites (tertiary alicyclic amines) is 1. The van der Waals surface area contributed by atoms with Gasteiger partial charge in [0.05, 0.1) is 0 Å². The number of nitrogens with zero attached hydrogens (tertiary/aromatic N) is 1. The van der Waals surface area contributed by atoms with Gasteiger partial charge >= 0.3 is 0 Å². The van der Waals surface area contributed by atoms with Gasteiger partial charge in [-0.3, -0.25) is 9.59 Å². The molecule has 0 bridgehead atoms. The number of carbonyl (C=O) groups is 1. The maximum atomic E-state index is 12.2. The summed E-state index contributed by atoms with van der Waals surface area (Å²) in [5.74, 6) is -0.144. The standard InChI is InChI=1S/C12H15IN2O2/c1-7-4-3-5-15(7)12(17)9-6-10(13)8(2)14-11(9)16/h6-7H,3-5H2,1-2H3,(H,14,16)/t7-/m1/s1. The first-order chi connectivity index (χ1) is 8.00. The number of aromatic amines is 1.